The summed E-state index contributed by atoms with van der Waals surface area (Å²) in [7, 11) is 0. The fraction of sp³-hybridized carbons (Fsp3) is 0.487. The molecule has 0 bridgehead atoms. The molecule has 0 spiro atoms. The highest BCUT2D eigenvalue weighted by atomic mass is 32.1. The second-order valence-corrected chi connectivity index (χ2v) is 28.3. The number of fused-ring (bicyclic) bond motifs is 1. The lowest BCUT2D eigenvalue weighted by molar-refractivity contribution is -0.145. The smallest absolute Gasteiger partial charge is 0.258 e. The van der Waals surface area contributed by atoms with Crippen molar-refractivity contribution >= 4 is 51.9 Å². The van der Waals surface area contributed by atoms with E-state index in [4.69, 9.17) is 28.7 Å². The van der Waals surface area contributed by atoms with Crippen LogP contribution in [0.15, 0.2) is 121 Å². The molecule has 1 unspecified atom stereocenters. The molecular weight excluding hydrogens is 1320 g/mol. The predicted molar refractivity (Wildman–Crippen MR) is 387 cm³/mol. The molecule has 1 aliphatic heterocycles. The van der Waals surface area contributed by atoms with Gasteiger partial charge in [-0.15, -0.1) is 11.3 Å². The molecule has 7 aromatic rings. The van der Waals surface area contributed by atoms with Crippen molar-refractivity contribution in [3.05, 3.63) is 149 Å². The van der Waals surface area contributed by atoms with Crippen molar-refractivity contribution in [2.45, 2.75) is 153 Å². The molecule has 22 nitrogen and oxygen atoms in total. The Kier molecular flexibility index (Phi) is 27.7. The van der Waals surface area contributed by atoms with Gasteiger partial charge in [0, 0.05) is 62.6 Å². The van der Waals surface area contributed by atoms with Crippen molar-refractivity contribution in [3.63, 3.8) is 0 Å². The van der Waals surface area contributed by atoms with Gasteiger partial charge in [0.05, 0.1) is 124 Å². The number of halogens is 1. The van der Waals surface area contributed by atoms with Crippen LogP contribution in [-0.2, 0) is 54.2 Å². The van der Waals surface area contributed by atoms with E-state index >= 15 is 0 Å². The monoisotopic (exact) mass is 1420 g/mol. The zero-order valence-corrected chi connectivity index (χ0v) is 59.7. The summed E-state index contributed by atoms with van der Waals surface area (Å²) in [5, 5.41) is 43.0. The van der Waals surface area contributed by atoms with Gasteiger partial charge >= 0.3 is 0 Å². The van der Waals surface area contributed by atoms with Crippen LogP contribution in [0.2, 0.25) is 0 Å². The van der Waals surface area contributed by atoms with Gasteiger partial charge in [0.25, 0.3) is 5.91 Å². The maximum absolute atomic E-state index is 14.8. The highest BCUT2D eigenvalue weighted by Gasteiger charge is 2.53. The first-order valence-corrected chi connectivity index (χ1v) is 36.5. The number of thiazole rings is 1. The number of amides is 5. The topological polar surface area (TPSA) is 283 Å². The lowest BCUT2D eigenvalue weighted by atomic mass is 9.85. The number of nitrogens with zero attached hydrogens (tertiary/aromatic N) is 5. The molecule has 10 rings (SSSR count). The van der Waals surface area contributed by atoms with Gasteiger partial charge in [-0.2, -0.15) is 0 Å². The number of ether oxygens (including phenoxy) is 5. The van der Waals surface area contributed by atoms with Crippen molar-refractivity contribution in [2.75, 3.05) is 85.7 Å². The lowest BCUT2D eigenvalue weighted by Crippen LogP contribution is -2.59. The molecule has 3 aliphatic rings. The Hall–Kier alpha value is -8.51. The number of unbranched alkanes of at least 4 members (excludes halogenated alkanes) is 2. The quantitative estimate of drug-likeness (QED) is 0.0143. The van der Waals surface area contributed by atoms with Crippen LogP contribution in [0.4, 0.5) is 4.39 Å². The van der Waals surface area contributed by atoms with Crippen molar-refractivity contribution in [3.8, 4) is 44.7 Å². The molecule has 0 radical (unpaired) electrons. The Morgan fingerprint density at radius 2 is 1.36 bits per heavy atom. The number of carbonyl (C=O) groups is 5. The molecule has 102 heavy (non-hydrogen) atoms. The molecule has 3 aromatic heterocycles. The summed E-state index contributed by atoms with van der Waals surface area (Å²) < 4.78 is 47.2. The summed E-state index contributed by atoms with van der Waals surface area (Å²) >= 11 is 1.47. The second kappa shape index (κ2) is 37.1. The molecule has 2 aliphatic carbocycles. The molecule has 7 N–H and O–H groups in total. The maximum atomic E-state index is 14.8. The molecule has 3 fully saturated rings. The normalized spacial score (nSPS) is 17.7. The molecule has 5 amide bonds. The second-order valence-electron chi connectivity index (χ2n) is 27.5. The molecular formula is C78H97FN10O12S. The van der Waals surface area contributed by atoms with E-state index in [0.29, 0.717) is 89.7 Å². The first-order valence-electron chi connectivity index (χ1n) is 35.6. The number of carbonyl (C=O) groups excluding carboxylic acids is 5. The van der Waals surface area contributed by atoms with Crippen LogP contribution >= 0.6 is 11.3 Å². The highest BCUT2D eigenvalue weighted by molar-refractivity contribution is 7.13. The van der Waals surface area contributed by atoms with E-state index in [0.717, 1.165) is 86.4 Å². The fourth-order valence-electron chi connectivity index (χ4n) is 12.9. The first kappa shape index (κ1) is 76.1. The molecule has 2 saturated carbocycles. The van der Waals surface area contributed by atoms with Gasteiger partial charge < -0.3 is 69.2 Å². The number of aliphatic hydroxyl groups excluding tert-OH is 2. The fourth-order valence-corrected chi connectivity index (χ4v) is 13.7. The third kappa shape index (κ3) is 21.1. The number of nitrogens with one attached hydrogen (secondary N) is 5. The number of hydrogen-bond acceptors (Lipinski definition) is 16. The number of likely N-dealkylation sites (tertiary alicyclic amines) is 1. The van der Waals surface area contributed by atoms with Crippen molar-refractivity contribution in [1.82, 2.24) is 45.3 Å². The minimum Gasteiger partial charge on any atom is -0.393 e. The number of aliphatic hydroxyl groups is 2. The third-order valence-electron chi connectivity index (χ3n) is 18.6. The summed E-state index contributed by atoms with van der Waals surface area (Å²) in [5.41, 5.74) is 8.38. The number of alkyl halides is 1. The molecule has 1 saturated heterocycles. The van der Waals surface area contributed by atoms with E-state index in [1.165, 1.54) is 16.2 Å². The number of rotatable bonds is 36. The van der Waals surface area contributed by atoms with Gasteiger partial charge in [-0.1, -0.05) is 124 Å². The van der Waals surface area contributed by atoms with Crippen LogP contribution in [0.5, 0.6) is 0 Å². The highest BCUT2D eigenvalue weighted by Crippen LogP contribution is 2.42. The standard InChI is InChI=1S/C78H97FN10O12S/c1-53-70(102-52-84-53)59-25-16-24-58(46-59)63(85-74(94)64-47-62(91)50-87(64)75(95)71(77(2,3)4)86-76(96)78(79)31-32-78)48-66(93)82-34-36-98-38-40-100-42-44-101-43-41-99-39-37-97-35-30-65(92)81-33-14-6-5-9-17-54-18-15-19-55(45-54)49-88-69(57-22-12-8-13-23-57)67(56-20-10-7-11-21-56)68-72(80)89(51-83-73(68)88)60-26-28-61(90)29-27-60/h7-8,10-13,15-16,18-25,45-46,51-52,60-64,71,80,90-91H,5-6,14,26-44,47-50H2,1-4H3,(H,81,92)(H,82,93)(H,85,94)(H,86,96)/t60?,61?,62-,63+,64+,71?/m1/s1. The summed E-state index contributed by atoms with van der Waals surface area (Å²) in [6.07, 6.45) is 6.00. The molecule has 4 atom stereocenters. The van der Waals surface area contributed by atoms with Crippen LogP contribution in [0.3, 0.4) is 0 Å². The van der Waals surface area contributed by atoms with Crippen molar-refractivity contribution < 1.29 is 62.3 Å². The Labute approximate surface area is 600 Å². The SMILES string of the molecule is Cc1ncsc1-c1cccc([C@H](CC(=O)NCCOCCOCCOCCOCCOCCC(=O)NCCCCC#Cc2cccc(Cn3c(-c4ccccc4)c(-c4ccccc4)c4c(=N)n(C5CCC(O)CC5)cnc43)c2)NC(=O)[C@@H]2C[C@@H](O)CN2C(=O)C(NC(=O)C2(F)CC2)C(C)(C)C)c1. The number of aromatic nitrogens is 4. The third-order valence-corrected chi connectivity index (χ3v) is 19.6. The molecule has 4 aromatic carbocycles. The largest absolute Gasteiger partial charge is 0.393 e. The van der Waals surface area contributed by atoms with Gasteiger partial charge in [0.15, 0.2) is 5.67 Å². The van der Waals surface area contributed by atoms with Gasteiger partial charge in [-0.25, -0.2) is 14.4 Å². The van der Waals surface area contributed by atoms with Crippen LogP contribution in [0.1, 0.15) is 132 Å². The maximum Gasteiger partial charge on any atom is 0.258 e. The summed E-state index contributed by atoms with van der Waals surface area (Å²) in [5.74, 6) is 4.18. The minimum atomic E-state index is -2.02. The Balaban J connectivity index is 0.564. The zero-order chi connectivity index (χ0) is 72.0. The zero-order valence-electron chi connectivity index (χ0n) is 58.9. The Morgan fingerprint density at radius 3 is 2.02 bits per heavy atom. The van der Waals surface area contributed by atoms with Gasteiger partial charge in [-0.05, 0) is 110 Å². The average Bonchev–Trinajstić information content (AvgIpc) is 1.57. The number of aryl methyl sites for hydroxylation is 1. The van der Waals surface area contributed by atoms with Crippen molar-refractivity contribution in [1.29, 1.82) is 5.41 Å². The number of β-amino-alcohol motifs (C(OH)–C–C–N with tert-alkyl or cyclic N) is 1. The number of benzene rings is 4. The van der Waals surface area contributed by atoms with E-state index in [-0.39, 0.29) is 89.0 Å². The van der Waals surface area contributed by atoms with E-state index in [1.54, 1.807) is 32.3 Å². The molecule has 544 valence electrons. The molecule has 24 heteroatoms. The summed E-state index contributed by atoms with van der Waals surface area (Å²) in [4.78, 5) is 78.9. The van der Waals surface area contributed by atoms with E-state index in [2.05, 4.69) is 79.1 Å². The summed E-state index contributed by atoms with van der Waals surface area (Å²) in [6.45, 7) is 11.4. The first-order chi connectivity index (χ1) is 49.3. The van der Waals surface area contributed by atoms with Gasteiger partial charge in [-0.3, -0.25) is 29.4 Å². The predicted octanol–water partition coefficient (Wildman–Crippen LogP) is 9.08. The van der Waals surface area contributed by atoms with E-state index < -0.39 is 53.0 Å². The summed E-state index contributed by atoms with van der Waals surface area (Å²) in [6, 6.07) is 33.3. The molecule has 4 heterocycles. The van der Waals surface area contributed by atoms with Crippen LogP contribution in [-0.4, -0.2) is 179 Å². The Morgan fingerprint density at radius 1 is 0.725 bits per heavy atom. The van der Waals surface area contributed by atoms with Gasteiger partial charge in [0.2, 0.25) is 23.6 Å². The number of hydrogen-bond donors (Lipinski definition) is 7. The van der Waals surface area contributed by atoms with Crippen LogP contribution < -0.4 is 26.8 Å². The van der Waals surface area contributed by atoms with Gasteiger partial charge in [0.1, 0.15) is 23.2 Å². The van der Waals surface area contributed by atoms with Crippen molar-refractivity contribution in [2.24, 2.45) is 5.41 Å². The van der Waals surface area contributed by atoms with Crippen LogP contribution in [0, 0.1) is 29.6 Å². The average molecular weight is 1420 g/mol. The van der Waals surface area contributed by atoms with Crippen LogP contribution in [0.25, 0.3) is 43.9 Å². The minimum absolute atomic E-state index is 0.0701. The van der Waals surface area contributed by atoms with E-state index in [1.807, 2.05) is 84.5 Å². The van der Waals surface area contributed by atoms with E-state index in [9.17, 15) is 44.0 Å². The lowest BCUT2D eigenvalue weighted by Gasteiger charge is -2.36. The Bertz CT molecular complexity index is 4060.